The van der Waals surface area contributed by atoms with Crippen LogP contribution >= 0.6 is 0 Å². The van der Waals surface area contributed by atoms with Crippen molar-refractivity contribution in [1.82, 2.24) is 20.2 Å². The van der Waals surface area contributed by atoms with Crippen molar-refractivity contribution < 1.29 is 4.74 Å². The van der Waals surface area contributed by atoms with Gasteiger partial charge in [0.2, 0.25) is 0 Å². The van der Waals surface area contributed by atoms with Crippen molar-refractivity contribution >= 4 is 5.69 Å². The number of nitrogen functional groups attached to an aromatic ring is 1. The van der Waals surface area contributed by atoms with Gasteiger partial charge in [-0.2, -0.15) is 0 Å². The smallest absolute Gasteiger partial charge is 0.186 e. The van der Waals surface area contributed by atoms with Crippen LogP contribution in [0.2, 0.25) is 0 Å². The number of ether oxygens (including phenoxy) is 1. The zero-order chi connectivity index (χ0) is 13.1. The average Bonchev–Trinajstić information content (AvgIpc) is 2.81. The summed E-state index contributed by atoms with van der Waals surface area (Å²) in [6.45, 7) is 6.51. The minimum absolute atomic E-state index is 0.172. The van der Waals surface area contributed by atoms with Crippen molar-refractivity contribution in [1.29, 1.82) is 0 Å². The summed E-state index contributed by atoms with van der Waals surface area (Å²) in [6, 6.07) is 5.75. The molecule has 2 aromatic rings. The molecular weight excluding hydrogens is 230 g/mol. The van der Waals surface area contributed by atoms with Crippen LogP contribution in [-0.2, 0) is 0 Å². The van der Waals surface area contributed by atoms with Gasteiger partial charge < -0.3 is 10.5 Å². The third-order valence-electron chi connectivity index (χ3n) is 2.56. The van der Waals surface area contributed by atoms with Gasteiger partial charge in [0.1, 0.15) is 0 Å². The highest BCUT2D eigenvalue weighted by Gasteiger charge is 2.17. The monoisotopic (exact) mass is 247 g/mol. The van der Waals surface area contributed by atoms with Crippen molar-refractivity contribution in [2.45, 2.75) is 26.8 Å². The van der Waals surface area contributed by atoms with Gasteiger partial charge in [-0.1, -0.05) is 6.07 Å². The Morgan fingerprint density at radius 1 is 1.39 bits per heavy atom. The second-order valence-electron chi connectivity index (χ2n) is 4.20. The lowest BCUT2D eigenvalue weighted by Gasteiger charge is -2.13. The molecule has 0 amide bonds. The van der Waals surface area contributed by atoms with Gasteiger partial charge in [0.25, 0.3) is 0 Å². The highest BCUT2D eigenvalue weighted by atomic mass is 16.5. The van der Waals surface area contributed by atoms with Gasteiger partial charge in [-0.3, -0.25) is 0 Å². The second kappa shape index (κ2) is 5.03. The van der Waals surface area contributed by atoms with E-state index in [9.17, 15) is 0 Å². The fourth-order valence-corrected chi connectivity index (χ4v) is 1.76. The third kappa shape index (κ3) is 2.13. The van der Waals surface area contributed by atoms with Crippen LogP contribution in [0.4, 0.5) is 5.69 Å². The zero-order valence-electron chi connectivity index (χ0n) is 10.8. The van der Waals surface area contributed by atoms with E-state index in [-0.39, 0.29) is 6.04 Å². The first-order chi connectivity index (χ1) is 8.65. The Hall–Kier alpha value is -2.11. The van der Waals surface area contributed by atoms with Gasteiger partial charge in [0.05, 0.1) is 23.9 Å². The van der Waals surface area contributed by atoms with E-state index in [1.807, 2.05) is 32.9 Å². The van der Waals surface area contributed by atoms with Gasteiger partial charge in [-0.25, -0.2) is 4.68 Å². The largest absolute Gasteiger partial charge is 0.491 e. The van der Waals surface area contributed by atoms with Gasteiger partial charge in [0, 0.05) is 0 Å². The molecule has 0 fully saturated rings. The number of nitrogens with zero attached hydrogens (tertiary/aromatic N) is 4. The summed E-state index contributed by atoms with van der Waals surface area (Å²) in [6.07, 6.45) is 0. The molecule has 1 aromatic heterocycles. The fraction of sp³-hybridized carbons (Fsp3) is 0.417. The van der Waals surface area contributed by atoms with Crippen molar-refractivity contribution in [3.05, 3.63) is 18.2 Å². The molecule has 0 radical (unpaired) electrons. The molecule has 2 N–H and O–H groups in total. The number of hydrogen-bond donors (Lipinski definition) is 1. The van der Waals surface area contributed by atoms with Gasteiger partial charge >= 0.3 is 0 Å². The summed E-state index contributed by atoms with van der Waals surface area (Å²) >= 11 is 0. The highest BCUT2D eigenvalue weighted by Crippen LogP contribution is 2.34. The normalized spacial score (nSPS) is 10.9. The molecule has 0 spiro atoms. The molecule has 0 bridgehead atoms. The van der Waals surface area contributed by atoms with E-state index in [2.05, 4.69) is 15.5 Å². The van der Waals surface area contributed by atoms with E-state index in [4.69, 9.17) is 10.5 Å². The van der Waals surface area contributed by atoms with Crippen LogP contribution in [0, 0.1) is 0 Å². The number of rotatable bonds is 4. The minimum Gasteiger partial charge on any atom is -0.491 e. The van der Waals surface area contributed by atoms with Crippen molar-refractivity contribution in [3.63, 3.8) is 0 Å². The molecule has 96 valence electrons. The van der Waals surface area contributed by atoms with Crippen LogP contribution in [-0.4, -0.2) is 26.8 Å². The quantitative estimate of drug-likeness (QED) is 0.835. The standard InChI is InChI=1S/C12H17N5O/c1-4-18-11-9(6-5-7-10(11)13)12-14-15-16-17(12)8(2)3/h5-8H,4,13H2,1-3H3. The number of hydrogen-bond acceptors (Lipinski definition) is 5. The number of aromatic nitrogens is 4. The molecule has 1 aromatic carbocycles. The maximum Gasteiger partial charge on any atom is 0.186 e. The molecule has 6 heteroatoms. The summed E-state index contributed by atoms with van der Waals surface area (Å²) in [5.74, 6) is 1.30. The summed E-state index contributed by atoms with van der Waals surface area (Å²) < 4.78 is 7.34. The van der Waals surface area contributed by atoms with Gasteiger partial charge in [0.15, 0.2) is 11.6 Å². The average molecular weight is 247 g/mol. The predicted octanol–water partition coefficient (Wildman–Crippen LogP) is 1.90. The second-order valence-corrected chi connectivity index (χ2v) is 4.20. The van der Waals surface area contributed by atoms with E-state index < -0.39 is 0 Å². The Balaban J connectivity index is 2.56. The maximum atomic E-state index is 5.94. The molecule has 0 atom stereocenters. The number of anilines is 1. The minimum atomic E-state index is 0.172. The molecule has 18 heavy (non-hydrogen) atoms. The summed E-state index contributed by atoms with van der Waals surface area (Å²) in [4.78, 5) is 0. The number of tetrazole rings is 1. The summed E-state index contributed by atoms with van der Waals surface area (Å²) in [7, 11) is 0. The Kier molecular flexibility index (Phi) is 3.45. The molecular formula is C12H17N5O. The molecule has 0 saturated carbocycles. The van der Waals surface area contributed by atoms with Crippen LogP contribution in [0.25, 0.3) is 11.4 Å². The van der Waals surface area contributed by atoms with Crippen LogP contribution in [0.5, 0.6) is 5.75 Å². The molecule has 0 saturated heterocycles. The van der Waals surface area contributed by atoms with Crippen LogP contribution < -0.4 is 10.5 Å². The fourth-order valence-electron chi connectivity index (χ4n) is 1.76. The van der Waals surface area contributed by atoms with E-state index in [0.717, 1.165) is 5.56 Å². The molecule has 6 nitrogen and oxygen atoms in total. The summed E-state index contributed by atoms with van der Waals surface area (Å²) in [5, 5.41) is 11.8. The molecule has 0 unspecified atom stereocenters. The predicted molar refractivity (Wildman–Crippen MR) is 69.2 cm³/mol. The lowest BCUT2D eigenvalue weighted by Crippen LogP contribution is -2.07. The zero-order valence-corrected chi connectivity index (χ0v) is 10.8. The topological polar surface area (TPSA) is 78.8 Å². The summed E-state index contributed by atoms with van der Waals surface area (Å²) in [5.41, 5.74) is 7.34. The Morgan fingerprint density at radius 2 is 2.17 bits per heavy atom. The third-order valence-corrected chi connectivity index (χ3v) is 2.56. The van der Waals surface area contributed by atoms with Crippen LogP contribution in [0.1, 0.15) is 26.8 Å². The molecule has 0 aliphatic carbocycles. The first kappa shape index (κ1) is 12.3. The van der Waals surface area contributed by atoms with E-state index in [1.165, 1.54) is 0 Å². The van der Waals surface area contributed by atoms with Crippen LogP contribution in [0.15, 0.2) is 18.2 Å². The molecule has 0 aliphatic rings. The Labute approximate surface area is 106 Å². The van der Waals surface area contributed by atoms with E-state index in [1.54, 1.807) is 10.7 Å². The lowest BCUT2D eigenvalue weighted by atomic mass is 10.1. The number of para-hydroxylation sites is 1. The maximum absolute atomic E-state index is 5.94. The van der Waals surface area contributed by atoms with E-state index >= 15 is 0 Å². The van der Waals surface area contributed by atoms with Crippen molar-refractivity contribution in [2.75, 3.05) is 12.3 Å². The SMILES string of the molecule is CCOc1c(N)cccc1-c1nnnn1C(C)C. The van der Waals surface area contributed by atoms with Gasteiger partial charge in [-0.05, 0) is 43.3 Å². The first-order valence-corrected chi connectivity index (χ1v) is 5.94. The molecule has 1 heterocycles. The van der Waals surface area contributed by atoms with Crippen molar-refractivity contribution in [2.24, 2.45) is 0 Å². The van der Waals surface area contributed by atoms with Gasteiger partial charge in [-0.15, -0.1) is 5.10 Å². The van der Waals surface area contributed by atoms with Crippen LogP contribution in [0.3, 0.4) is 0 Å². The molecule has 2 rings (SSSR count). The Morgan fingerprint density at radius 3 is 2.83 bits per heavy atom. The number of nitrogens with two attached hydrogens (primary N) is 1. The Bertz CT molecular complexity index is 535. The first-order valence-electron chi connectivity index (χ1n) is 5.94. The molecule has 0 aliphatic heterocycles. The highest BCUT2D eigenvalue weighted by molar-refractivity contribution is 5.73. The van der Waals surface area contributed by atoms with E-state index in [0.29, 0.717) is 23.9 Å². The lowest BCUT2D eigenvalue weighted by molar-refractivity contribution is 0.343. The number of benzene rings is 1. The van der Waals surface area contributed by atoms with Crippen molar-refractivity contribution in [3.8, 4) is 17.1 Å².